The zero-order chi connectivity index (χ0) is 20.5. The van der Waals surface area contributed by atoms with Crippen LogP contribution in [0, 0.1) is 0 Å². The molecular formula is C21H21F2N3O3. The Morgan fingerprint density at radius 1 is 1.14 bits per heavy atom. The molecule has 0 fully saturated rings. The molecule has 1 amide bonds. The summed E-state index contributed by atoms with van der Waals surface area (Å²) in [7, 11) is 0. The van der Waals surface area contributed by atoms with Gasteiger partial charge in [-0.25, -0.2) is 4.98 Å². The Bertz CT molecular complexity index is 1040. The molecule has 8 heteroatoms. The van der Waals surface area contributed by atoms with Gasteiger partial charge in [0.2, 0.25) is 6.10 Å². The lowest BCUT2D eigenvalue weighted by Crippen LogP contribution is -2.49. The number of aromatic nitrogens is 2. The maximum Gasteiger partial charge on any atom is 0.320 e. The van der Waals surface area contributed by atoms with E-state index >= 15 is 0 Å². The summed E-state index contributed by atoms with van der Waals surface area (Å²) >= 11 is 0. The lowest BCUT2D eigenvalue weighted by molar-refractivity contribution is -0.133. The number of benzene rings is 2. The number of hydrogen-bond donors (Lipinski definition) is 1. The standard InChI is InChI=1S/C21H21F2N3O3/c1-12(19-25-14-7-3-4-8-15(14)26(19)21(22)23)11-24-20(27)18-13(2)28-16-9-5-6-10-17(16)29-18/h3-10,12-13,18,21H,11H2,1-2H3,(H,24,27)/t12-,13-,18-/m1/s1. The molecule has 0 spiro atoms. The van der Waals surface area contributed by atoms with E-state index in [1.807, 2.05) is 6.07 Å². The van der Waals surface area contributed by atoms with Gasteiger partial charge in [0.25, 0.3) is 5.91 Å². The van der Waals surface area contributed by atoms with Crippen molar-refractivity contribution in [2.75, 3.05) is 6.54 Å². The summed E-state index contributed by atoms with van der Waals surface area (Å²) in [5, 5.41) is 2.78. The first kappa shape index (κ1) is 19.2. The van der Waals surface area contributed by atoms with E-state index < -0.39 is 24.7 Å². The first-order chi connectivity index (χ1) is 14.0. The van der Waals surface area contributed by atoms with Gasteiger partial charge < -0.3 is 14.8 Å². The number of ether oxygens (including phenoxy) is 2. The zero-order valence-corrected chi connectivity index (χ0v) is 16.0. The highest BCUT2D eigenvalue weighted by Crippen LogP contribution is 2.33. The van der Waals surface area contributed by atoms with Crippen LogP contribution < -0.4 is 14.8 Å². The average molecular weight is 401 g/mol. The lowest BCUT2D eigenvalue weighted by Gasteiger charge is -2.31. The van der Waals surface area contributed by atoms with E-state index in [2.05, 4.69) is 10.3 Å². The summed E-state index contributed by atoms with van der Waals surface area (Å²) in [5.41, 5.74) is 0.861. The van der Waals surface area contributed by atoms with Gasteiger partial charge in [0.15, 0.2) is 11.5 Å². The van der Waals surface area contributed by atoms with Crippen LogP contribution in [0.3, 0.4) is 0 Å². The second kappa shape index (κ2) is 7.69. The molecule has 6 nitrogen and oxygen atoms in total. The van der Waals surface area contributed by atoms with Crippen LogP contribution >= 0.6 is 0 Å². The predicted molar refractivity (Wildman–Crippen MR) is 103 cm³/mol. The fraction of sp³-hybridized carbons (Fsp3) is 0.333. The highest BCUT2D eigenvalue weighted by molar-refractivity contribution is 5.82. The molecule has 3 atom stereocenters. The van der Waals surface area contributed by atoms with Gasteiger partial charge in [-0.2, -0.15) is 8.78 Å². The molecule has 0 saturated heterocycles. The molecule has 1 N–H and O–H groups in total. The lowest BCUT2D eigenvalue weighted by atomic mass is 10.1. The van der Waals surface area contributed by atoms with Gasteiger partial charge in [-0.3, -0.25) is 9.36 Å². The van der Waals surface area contributed by atoms with Crippen LogP contribution in [0.2, 0.25) is 0 Å². The Morgan fingerprint density at radius 3 is 2.52 bits per heavy atom. The summed E-state index contributed by atoms with van der Waals surface area (Å²) in [4.78, 5) is 17.0. The molecule has 4 rings (SSSR count). The molecule has 0 aliphatic carbocycles. The minimum atomic E-state index is -2.72. The van der Waals surface area contributed by atoms with Gasteiger partial charge in [0, 0.05) is 12.5 Å². The van der Waals surface area contributed by atoms with Crippen molar-refractivity contribution < 1.29 is 23.0 Å². The molecule has 0 saturated carbocycles. The largest absolute Gasteiger partial charge is 0.482 e. The van der Waals surface area contributed by atoms with E-state index in [1.165, 1.54) is 0 Å². The SMILES string of the molecule is C[C@H](CNC(=O)[C@@H]1Oc2ccccc2O[C@@H]1C)c1nc2ccccc2n1C(F)F. The minimum absolute atomic E-state index is 0.142. The van der Waals surface area contributed by atoms with E-state index in [-0.39, 0.29) is 18.3 Å². The van der Waals surface area contributed by atoms with E-state index in [4.69, 9.17) is 9.47 Å². The predicted octanol–water partition coefficient (Wildman–Crippen LogP) is 3.88. The number of amides is 1. The molecule has 152 valence electrons. The molecule has 1 aliphatic rings. The monoisotopic (exact) mass is 401 g/mol. The highest BCUT2D eigenvalue weighted by atomic mass is 19.3. The van der Waals surface area contributed by atoms with Gasteiger partial charge >= 0.3 is 6.55 Å². The van der Waals surface area contributed by atoms with Gasteiger partial charge in [-0.15, -0.1) is 0 Å². The summed E-state index contributed by atoms with van der Waals surface area (Å²) in [6.45, 7) is 0.919. The van der Waals surface area contributed by atoms with Crippen LogP contribution in [0.5, 0.6) is 11.5 Å². The molecule has 1 aromatic heterocycles. The Balaban J connectivity index is 1.47. The number of para-hydroxylation sites is 4. The van der Waals surface area contributed by atoms with Gasteiger partial charge in [-0.1, -0.05) is 31.2 Å². The number of nitrogens with zero attached hydrogens (tertiary/aromatic N) is 2. The molecule has 0 bridgehead atoms. The molecule has 2 heterocycles. The number of imidazole rings is 1. The molecule has 0 unspecified atom stereocenters. The van der Waals surface area contributed by atoms with Crippen molar-refractivity contribution in [2.24, 2.45) is 0 Å². The molecule has 2 aromatic carbocycles. The van der Waals surface area contributed by atoms with E-state index in [9.17, 15) is 13.6 Å². The second-order valence-corrected chi connectivity index (χ2v) is 7.06. The van der Waals surface area contributed by atoms with Crippen LogP contribution in [-0.4, -0.2) is 34.2 Å². The van der Waals surface area contributed by atoms with Crippen LogP contribution in [-0.2, 0) is 4.79 Å². The molecular weight excluding hydrogens is 380 g/mol. The number of alkyl halides is 2. The average Bonchev–Trinajstić information content (AvgIpc) is 3.11. The topological polar surface area (TPSA) is 65.4 Å². The smallest absolute Gasteiger partial charge is 0.320 e. The van der Waals surface area contributed by atoms with Gasteiger partial charge in [0.1, 0.15) is 11.9 Å². The van der Waals surface area contributed by atoms with Crippen molar-refractivity contribution >= 4 is 16.9 Å². The Morgan fingerprint density at radius 2 is 1.79 bits per heavy atom. The maximum atomic E-state index is 13.6. The van der Waals surface area contributed by atoms with Gasteiger partial charge in [-0.05, 0) is 31.2 Å². The number of carbonyl (C=O) groups excluding carboxylic acids is 1. The van der Waals surface area contributed by atoms with Crippen LogP contribution in [0.1, 0.15) is 32.1 Å². The quantitative estimate of drug-likeness (QED) is 0.705. The molecule has 29 heavy (non-hydrogen) atoms. The fourth-order valence-corrected chi connectivity index (χ4v) is 3.47. The number of halogens is 2. The highest BCUT2D eigenvalue weighted by Gasteiger charge is 2.34. The molecule has 0 radical (unpaired) electrons. The van der Waals surface area contributed by atoms with Crippen molar-refractivity contribution in [3.05, 3.63) is 54.4 Å². The maximum absolute atomic E-state index is 13.6. The number of rotatable bonds is 5. The first-order valence-electron chi connectivity index (χ1n) is 9.40. The Kier molecular flexibility index (Phi) is 5.08. The van der Waals surface area contributed by atoms with E-state index in [1.54, 1.807) is 56.3 Å². The van der Waals surface area contributed by atoms with E-state index in [0.29, 0.717) is 22.5 Å². The van der Waals surface area contributed by atoms with Crippen molar-refractivity contribution in [3.63, 3.8) is 0 Å². The third-order valence-electron chi connectivity index (χ3n) is 4.94. The number of nitrogens with one attached hydrogen (secondary N) is 1. The minimum Gasteiger partial charge on any atom is -0.482 e. The van der Waals surface area contributed by atoms with Crippen molar-refractivity contribution in [2.45, 2.75) is 38.5 Å². The van der Waals surface area contributed by atoms with Crippen LogP contribution in [0.4, 0.5) is 8.78 Å². The van der Waals surface area contributed by atoms with Gasteiger partial charge in [0.05, 0.1) is 11.0 Å². The summed E-state index contributed by atoms with van der Waals surface area (Å²) in [5.74, 6) is 0.521. The summed E-state index contributed by atoms with van der Waals surface area (Å²) < 4.78 is 39.7. The van der Waals surface area contributed by atoms with Crippen molar-refractivity contribution in [1.29, 1.82) is 0 Å². The molecule has 1 aliphatic heterocycles. The third-order valence-corrected chi connectivity index (χ3v) is 4.94. The van der Waals surface area contributed by atoms with Crippen molar-refractivity contribution in [1.82, 2.24) is 14.9 Å². The Hall–Kier alpha value is -3.16. The normalized spacial score (nSPS) is 19.3. The summed E-state index contributed by atoms with van der Waals surface area (Å²) in [6.07, 6.45) is -1.31. The van der Waals surface area contributed by atoms with Crippen LogP contribution in [0.15, 0.2) is 48.5 Å². The van der Waals surface area contributed by atoms with E-state index in [0.717, 1.165) is 4.57 Å². The first-order valence-corrected chi connectivity index (χ1v) is 9.40. The van der Waals surface area contributed by atoms with Crippen molar-refractivity contribution in [3.8, 4) is 11.5 Å². The summed E-state index contributed by atoms with van der Waals surface area (Å²) in [6, 6.07) is 13.9. The third kappa shape index (κ3) is 3.62. The number of hydrogen-bond acceptors (Lipinski definition) is 4. The fourth-order valence-electron chi connectivity index (χ4n) is 3.47. The number of fused-ring (bicyclic) bond motifs is 2. The van der Waals surface area contributed by atoms with Crippen LogP contribution in [0.25, 0.3) is 11.0 Å². The Labute approximate surface area is 166 Å². The zero-order valence-electron chi connectivity index (χ0n) is 16.0. The second-order valence-electron chi connectivity index (χ2n) is 7.06. The molecule has 3 aromatic rings. The number of carbonyl (C=O) groups is 1.